The van der Waals surface area contributed by atoms with E-state index in [0.717, 1.165) is 27.5 Å². The molecule has 242 valence electrons. The second kappa shape index (κ2) is 12.6. The Morgan fingerprint density at radius 3 is 1.17 bits per heavy atom. The molecule has 1 aromatic heterocycles. The van der Waals surface area contributed by atoms with Gasteiger partial charge in [0.15, 0.2) is 0 Å². The van der Waals surface area contributed by atoms with Gasteiger partial charge in [-0.3, -0.25) is 0 Å². The molecule has 0 N–H and O–H groups in total. The van der Waals surface area contributed by atoms with Gasteiger partial charge in [-0.25, -0.2) is 0 Å². The summed E-state index contributed by atoms with van der Waals surface area (Å²) in [5.41, 5.74) is 22.8. The number of hydrogen-bond acceptors (Lipinski definition) is 1. The summed E-state index contributed by atoms with van der Waals surface area (Å²) in [7, 11) is 18.5. The maximum atomic E-state index is 6.38. The SMILES string of the molecule is Bc1c(B)c(B)c2c(-c3ccc(-c4ccc5oc6cc(-c7ccccc7)ccc6c5c4)cc3)c3c(B)c(B)c(B)c(B)c3c(-c3ccccc3)c2c1B. The summed E-state index contributed by atoms with van der Waals surface area (Å²) in [6.45, 7) is 0. The summed E-state index contributed by atoms with van der Waals surface area (Å²) in [4.78, 5) is 0. The first-order valence-corrected chi connectivity index (χ1v) is 18.8. The van der Waals surface area contributed by atoms with Gasteiger partial charge in [0.2, 0.25) is 0 Å². The minimum absolute atomic E-state index is 0.912. The van der Waals surface area contributed by atoms with Crippen LogP contribution in [0.1, 0.15) is 0 Å². The molecule has 0 aliphatic rings. The fraction of sp³-hybridized carbons (Fsp3) is 0. The highest BCUT2D eigenvalue weighted by atomic mass is 16.3. The normalized spacial score (nSPS) is 11.6. The molecule has 0 saturated heterocycles. The van der Waals surface area contributed by atoms with Crippen LogP contribution in [0.3, 0.4) is 0 Å². The minimum Gasteiger partial charge on any atom is -0.456 e. The Kier molecular flexibility index (Phi) is 7.97. The van der Waals surface area contributed by atoms with Crippen LogP contribution in [-0.4, -0.2) is 62.8 Å². The van der Waals surface area contributed by atoms with E-state index in [4.69, 9.17) is 4.42 Å². The fourth-order valence-corrected chi connectivity index (χ4v) is 8.90. The molecule has 0 unspecified atom stereocenters. The van der Waals surface area contributed by atoms with Crippen molar-refractivity contribution in [3.05, 3.63) is 121 Å². The molecular formula is C44H36B8O. The number of hydrogen-bond donors (Lipinski definition) is 0. The van der Waals surface area contributed by atoms with Gasteiger partial charge in [0.1, 0.15) is 73.9 Å². The van der Waals surface area contributed by atoms with E-state index in [1.165, 1.54) is 104 Å². The fourth-order valence-electron chi connectivity index (χ4n) is 8.90. The molecule has 0 bridgehead atoms. The third-order valence-corrected chi connectivity index (χ3v) is 12.5. The highest BCUT2D eigenvalue weighted by molar-refractivity contribution is 6.71. The van der Waals surface area contributed by atoms with Gasteiger partial charge in [0, 0.05) is 10.8 Å². The average Bonchev–Trinajstić information content (AvgIpc) is 3.57. The van der Waals surface area contributed by atoms with Crippen molar-refractivity contribution >= 4 is 150 Å². The van der Waals surface area contributed by atoms with E-state index in [2.05, 4.69) is 184 Å². The third-order valence-electron chi connectivity index (χ3n) is 12.5. The van der Waals surface area contributed by atoms with Crippen LogP contribution in [0, 0.1) is 0 Å². The van der Waals surface area contributed by atoms with Gasteiger partial charge in [-0.1, -0.05) is 119 Å². The molecule has 8 aromatic carbocycles. The third kappa shape index (κ3) is 5.12. The maximum Gasteiger partial charge on any atom is 0.139 e. The lowest BCUT2D eigenvalue weighted by Crippen LogP contribution is -2.50. The van der Waals surface area contributed by atoms with Crippen molar-refractivity contribution in [3.63, 3.8) is 0 Å². The molecule has 9 rings (SSSR count). The van der Waals surface area contributed by atoms with Gasteiger partial charge < -0.3 is 4.42 Å². The lowest BCUT2D eigenvalue weighted by molar-refractivity contribution is 0.669. The molecule has 9 heteroatoms. The minimum atomic E-state index is 0.912. The van der Waals surface area contributed by atoms with E-state index in [1.54, 1.807) is 0 Å². The van der Waals surface area contributed by atoms with Crippen molar-refractivity contribution in [1.82, 2.24) is 0 Å². The van der Waals surface area contributed by atoms with Crippen LogP contribution in [0.25, 0.3) is 88.0 Å². The predicted molar refractivity (Wildman–Crippen MR) is 256 cm³/mol. The van der Waals surface area contributed by atoms with Crippen molar-refractivity contribution in [1.29, 1.82) is 0 Å². The first-order valence-electron chi connectivity index (χ1n) is 18.8. The van der Waals surface area contributed by atoms with E-state index in [0.29, 0.717) is 0 Å². The topological polar surface area (TPSA) is 13.1 Å². The number of benzene rings is 8. The molecule has 53 heavy (non-hydrogen) atoms. The van der Waals surface area contributed by atoms with Gasteiger partial charge in [0.25, 0.3) is 0 Å². The van der Waals surface area contributed by atoms with Crippen LogP contribution in [-0.2, 0) is 0 Å². The molecule has 0 fully saturated rings. The summed E-state index contributed by atoms with van der Waals surface area (Å²) in [6.07, 6.45) is 0. The molecule has 0 aliphatic carbocycles. The smallest absolute Gasteiger partial charge is 0.139 e. The van der Waals surface area contributed by atoms with Crippen molar-refractivity contribution in [2.45, 2.75) is 0 Å². The zero-order valence-electron chi connectivity index (χ0n) is 32.0. The molecule has 0 spiro atoms. The standard InChI is InChI=1S/C44H36B8O/c45-37-33-31(23-9-5-2-6-10-23)34-36(40(48)44(52)42(50)38(34)46)32(35(33)39(47)43(51)41(37)49)24-13-11-22(12-14-24)25-16-18-29-28(19-25)27-17-15-26(20-30(27)53-29)21-7-3-1-4-8-21/h1-20H,45-52H2. The van der Waals surface area contributed by atoms with Crippen LogP contribution < -0.4 is 43.7 Å². The molecule has 0 amide bonds. The zero-order valence-corrected chi connectivity index (χ0v) is 32.0. The van der Waals surface area contributed by atoms with Gasteiger partial charge >= 0.3 is 0 Å². The highest BCUT2D eigenvalue weighted by Gasteiger charge is 2.25. The summed E-state index contributed by atoms with van der Waals surface area (Å²) in [5.74, 6) is 0. The number of rotatable bonds is 4. The Labute approximate surface area is 318 Å². The molecule has 1 heterocycles. The van der Waals surface area contributed by atoms with Crippen LogP contribution in [0.15, 0.2) is 126 Å². The second-order valence-electron chi connectivity index (χ2n) is 15.1. The Balaban J connectivity index is 1.27. The van der Waals surface area contributed by atoms with E-state index >= 15 is 0 Å². The first-order chi connectivity index (χ1) is 25.6. The van der Waals surface area contributed by atoms with Gasteiger partial charge in [0.05, 0.1) is 0 Å². The molecular weight excluding hydrogens is 631 g/mol. The van der Waals surface area contributed by atoms with Crippen LogP contribution in [0.4, 0.5) is 0 Å². The van der Waals surface area contributed by atoms with Gasteiger partial charge in [-0.15, -0.1) is 21.9 Å². The Hall–Kier alpha value is -5.40. The van der Waals surface area contributed by atoms with Crippen LogP contribution >= 0.6 is 0 Å². The van der Waals surface area contributed by atoms with Gasteiger partial charge in [-0.2, -0.15) is 0 Å². The van der Waals surface area contributed by atoms with E-state index in [9.17, 15) is 0 Å². The average molecular weight is 667 g/mol. The molecule has 9 aromatic rings. The lowest BCUT2D eigenvalue weighted by Gasteiger charge is -2.28. The summed E-state index contributed by atoms with van der Waals surface area (Å²) in [5, 5.41) is 7.78. The highest BCUT2D eigenvalue weighted by Crippen LogP contribution is 2.41. The van der Waals surface area contributed by atoms with Crippen LogP contribution in [0.2, 0.25) is 0 Å². The van der Waals surface area contributed by atoms with E-state index in [-0.39, 0.29) is 0 Å². The Morgan fingerprint density at radius 1 is 0.283 bits per heavy atom. The van der Waals surface area contributed by atoms with Crippen molar-refractivity contribution < 1.29 is 4.42 Å². The van der Waals surface area contributed by atoms with E-state index < -0.39 is 0 Å². The second-order valence-corrected chi connectivity index (χ2v) is 15.1. The molecule has 0 saturated carbocycles. The number of furan rings is 1. The van der Waals surface area contributed by atoms with Gasteiger partial charge in [-0.05, 0) is 90.3 Å². The first kappa shape index (κ1) is 33.4. The zero-order chi connectivity index (χ0) is 36.7. The largest absolute Gasteiger partial charge is 0.456 e. The van der Waals surface area contributed by atoms with Crippen molar-refractivity contribution in [3.8, 4) is 44.5 Å². The molecule has 0 radical (unpaired) electrons. The molecule has 1 nitrogen and oxygen atoms in total. The van der Waals surface area contributed by atoms with Crippen molar-refractivity contribution in [2.75, 3.05) is 0 Å². The summed E-state index contributed by atoms with van der Waals surface area (Å²) >= 11 is 0. The van der Waals surface area contributed by atoms with E-state index in [1.807, 2.05) is 0 Å². The predicted octanol–water partition coefficient (Wildman–Crippen LogP) is -1.37. The quantitative estimate of drug-likeness (QED) is 0.167. The maximum absolute atomic E-state index is 6.38. The summed E-state index contributed by atoms with van der Waals surface area (Å²) in [6, 6.07) is 44.0. The van der Waals surface area contributed by atoms with Crippen LogP contribution in [0.5, 0.6) is 0 Å². The molecule has 0 atom stereocenters. The monoisotopic (exact) mass is 668 g/mol. The van der Waals surface area contributed by atoms with Crippen molar-refractivity contribution in [2.24, 2.45) is 0 Å². The Bertz CT molecular complexity index is 2870. The Morgan fingerprint density at radius 2 is 0.660 bits per heavy atom. The number of fused-ring (bicyclic) bond motifs is 5. The lowest BCUT2D eigenvalue weighted by atomic mass is 9.59. The summed E-state index contributed by atoms with van der Waals surface area (Å²) < 4.78 is 6.38. The molecule has 0 aliphatic heterocycles.